The molecule has 2 heterocycles. The van der Waals surface area contributed by atoms with E-state index >= 15 is 0 Å². The molecule has 0 saturated carbocycles. The fourth-order valence-electron chi connectivity index (χ4n) is 1.37. The van der Waals surface area contributed by atoms with Crippen LogP contribution in [0.1, 0.15) is 13.3 Å². The fourth-order valence-corrected chi connectivity index (χ4v) is 2.25. The lowest BCUT2D eigenvalue weighted by atomic mass is 10.4. The molecule has 5 nitrogen and oxygen atoms in total. The zero-order chi connectivity index (χ0) is 13.7. The normalized spacial score (nSPS) is 10.4. The van der Waals surface area contributed by atoms with E-state index in [0.717, 1.165) is 28.8 Å². The summed E-state index contributed by atoms with van der Waals surface area (Å²) in [5, 5.41) is 5.35. The van der Waals surface area contributed by atoms with E-state index in [1.807, 2.05) is 12.1 Å². The van der Waals surface area contributed by atoms with Crippen molar-refractivity contribution in [2.45, 2.75) is 23.4 Å². The summed E-state index contributed by atoms with van der Waals surface area (Å²) in [6, 6.07) is 5.48. The standard InChI is InChI=1S/C12H14ClN5S/c1-2-5-15-9-6-11(18-12(14)17-9)19-10-4-3-8(13)7-16-10/h3-4,6-7H,2,5H2,1H3,(H3,14,15,17,18). The molecule has 0 fully saturated rings. The minimum atomic E-state index is 0.248. The van der Waals surface area contributed by atoms with Gasteiger partial charge < -0.3 is 11.1 Å². The van der Waals surface area contributed by atoms with Crippen LogP contribution in [-0.4, -0.2) is 21.5 Å². The van der Waals surface area contributed by atoms with Crippen LogP contribution in [0, 0.1) is 0 Å². The van der Waals surface area contributed by atoms with Crippen LogP contribution in [0.3, 0.4) is 0 Å². The van der Waals surface area contributed by atoms with Gasteiger partial charge in [0.05, 0.1) is 5.02 Å². The quantitative estimate of drug-likeness (QED) is 0.826. The Morgan fingerprint density at radius 1 is 1.32 bits per heavy atom. The Balaban J connectivity index is 2.15. The smallest absolute Gasteiger partial charge is 0.223 e. The van der Waals surface area contributed by atoms with E-state index in [2.05, 4.69) is 27.2 Å². The molecule has 7 heteroatoms. The Hall–Kier alpha value is -1.53. The van der Waals surface area contributed by atoms with Gasteiger partial charge in [0.25, 0.3) is 0 Å². The number of nitrogens with zero attached hydrogens (tertiary/aromatic N) is 3. The van der Waals surface area contributed by atoms with Gasteiger partial charge in [0.2, 0.25) is 5.95 Å². The number of nitrogens with two attached hydrogens (primary N) is 1. The maximum Gasteiger partial charge on any atom is 0.223 e. The molecule has 2 aromatic heterocycles. The molecule has 0 atom stereocenters. The second kappa shape index (κ2) is 6.58. The zero-order valence-corrected chi connectivity index (χ0v) is 12.0. The van der Waals surface area contributed by atoms with E-state index in [-0.39, 0.29) is 5.95 Å². The number of hydrogen-bond donors (Lipinski definition) is 2. The Bertz CT molecular complexity index is 546. The minimum Gasteiger partial charge on any atom is -0.370 e. The average molecular weight is 296 g/mol. The first-order chi connectivity index (χ1) is 9.17. The summed E-state index contributed by atoms with van der Waals surface area (Å²) < 4.78 is 0. The van der Waals surface area contributed by atoms with Gasteiger partial charge in [0, 0.05) is 18.8 Å². The number of pyridine rings is 1. The molecule has 0 radical (unpaired) electrons. The Kier molecular flexibility index (Phi) is 4.81. The SMILES string of the molecule is CCCNc1cc(Sc2ccc(Cl)cn2)nc(N)n1. The summed E-state index contributed by atoms with van der Waals surface area (Å²) >= 11 is 7.21. The lowest BCUT2D eigenvalue weighted by molar-refractivity contribution is 0.956. The van der Waals surface area contributed by atoms with Crippen LogP contribution in [0.25, 0.3) is 0 Å². The van der Waals surface area contributed by atoms with Gasteiger partial charge in [-0.25, -0.2) is 9.97 Å². The third kappa shape index (κ3) is 4.25. The van der Waals surface area contributed by atoms with Gasteiger partial charge >= 0.3 is 0 Å². The maximum absolute atomic E-state index is 5.79. The van der Waals surface area contributed by atoms with Crippen molar-refractivity contribution in [1.82, 2.24) is 15.0 Å². The summed E-state index contributed by atoms with van der Waals surface area (Å²) in [5.41, 5.74) is 5.69. The molecule has 0 aliphatic heterocycles. The van der Waals surface area contributed by atoms with Crippen molar-refractivity contribution in [1.29, 1.82) is 0 Å². The van der Waals surface area contributed by atoms with Crippen LogP contribution in [-0.2, 0) is 0 Å². The molecule has 0 unspecified atom stereocenters. The van der Waals surface area contributed by atoms with Crippen LogP contribution in [0.4, 0.5) is 11.8 Å². The van der Waals surface area contributed by atoms with Crippen LogP contribution in [0.5, 0.6) is 0 Å². The first-order valence-electron chi connectivity index (χ1n) is 5.85. The number of hydrogen-bond acceptors (Lipinski definition) is 6. The van der Waals surface area contributed by atoms with Gasteiger partial charge in [-0.3, -0.25) is 0 Å². The number of aromatic nitrogens is 3. The molecule has 0 aliphatic carbocycles. The minimum absolute atomic E-state index is 0.248. The molecule has 100 valence electrons. The number of nitrogens with one attached hydrogen (secondary N) is 1. The van der Waals surface area contributed by atoms with E-state index in [9.17, 15) is 0 Å². The van der Waals surface area contributed by atoms with Crippen molar-refractivity contribution in [3.05, 3.63) is 29.4 Å². The van der Waals surface area contributed by atoms with Crippen LogP contribution < -0.4 is 11.1 Å². The molecule has 0 aromatic carbocycles. The summed E-state index contributed by atoms with van der Waals surface area (Å²) in [6.07, 6.45) is 2.62. The van der Waals surface area contributed by atoms with E-state index in [1.165, 1.54) is 11.8 Å². The molecule has 19 heavy (non-hydrogen) atoms. The van der Waals surface area contributed by atoms with Crippen molar-refractivity contribution in [2.75, 3.05) is 17.6 Å². The van der Waals surface area contributed by atoms with E-state index in [1.54, 1.807) is 12.3 Å². The summed E-state index contributed by atoms with van der Waals surface area (Å²) in [5.74, 6) is 0.975. The third-order valence-corrected chi connectivity index (χ3v) is 3.28. The monoisotopic (exact) mass is 295 g/mol. The van der Waals surface area contributed by atoms with Crippen molar-refractivity contribution in [3.63, 3.8) is 0 Å². The van der Waals surface area contributed by atoms with Crippen LogP contribution in [0.15, 0.2) is 34.4 Å². The van der Waals surface area contributed by atoms with E-state index in [4.69, 9.17) is 17.3 Å². The topological polar surface area (TPSA) is 76.7 Å². The Labute approximate surface area is 121 Å². The van der Waals surface area contributed by atoms with E-state index < -0.39 is 0 Å². The molecule has 2 aromatic rings. The molecule has 0 amide bonds. The summed E-state index contributed by atoms with van der Waals surface area (Å²) in [6.45, 7) is 2.94. The van der Waals surface area contributed by atoms with Gasteiger partial charge in [0.15, 0.2) is 0 Å². The molecule has 2 rings (SSSR count). The van der Waals surface area contributed by atoms with Gasteiger partial charge in [0.1, 0.15) is 15.9 Å². The van der Waals surface area contributed by atoms with Gasteiger partial charge in [-0.15, -0.1) is 0 Å². The highest BCUT2D eigenvalue weighted by atomic mass is 35.5. The third-order valence-electron chi connectivity index (χ3n) is 2.19. The highest BCUT2D eigenvalue weighted by Crippen LogP contribution is 2.26. The van der Waals surface area contributed by atoms with Crippen molar-refractivity contribution in [2.24, 2.45) is 0 Å². The van der Waals surface area contributed by atoms with Crippen LogP contribution in [0.2, 0.25) is 5.02 Å². The number of halogens is 1. The average Bonchev–Trinajstić information content (AvgIpc) is 2.38. The second-order valence-electron chi connectivity index (χ2n) is 3.79. The van der Waals surface area contributed by atoms with Crippen LogP contribution >= 0.6 is 23.4 Å². The second-order valence-corrected chi connectivity index (χ2v) is 5.27. The molecular weight excluding hydrogens is 282 g/mol. The molecule has 3 N–H and O–H groups in total. The predicted octanol–water partition coefficient (Wildman–Crippen LogP) is 3.08. The van der Waals surface area contributed by atoms with Crippen molar-refractivity contribution in [3.8, 4) is 0 Å². The van der Waals surface area contributed by atoms with Crippen molar-refractivity contribution < 1.29 is 0 Å². The lowest BCUT2D eigenvalue weighted by Gasteiger charge is -2.06. The number of anilines is 2. The summed E-state index contributed by atoms with van der Waals surface area (Å²) in [4.78, 5) is 12.5. The Morgan fingerprint density at radius 3 is 2.84 bits per heavy atom. The molecule has 0 spiro atoms. The molecule has 0 aliphatic rings. The highest BCUT2D eigenvalue weighted by molar-refractivity contribution is 7.99. The van der Waals surface area contributed by atoms with E-state index in [0.29, 0.717) is 5.02 Å². The first kappa shape index (κ1) is 13.9. The lowest BCUT2D eigenvalue weighted by Crippen LogP contribution is -2.05. The van der Waals surface area contributed by atoms with Gasteiger partial charge in [-0.2, -0.15) is 4.98 Å². The fraction of sp³-hybridized carbons (Fsp3) is 0.250. The molecule has 0 bridgehead atoms. The number of nitrogen functional groups attached to an aromatic ring is 1. The Morgan fingerprint density at radius 2 is 2.16 bits per heavy atom. The van der Waals surface area contributed by atoms with Gasteiger partial charge in [-0.05, 0) is 30.3 Å². The highest BCUT2D eigenvalue weighted by Gasteiger charge is 2.05. The number of rotatable bonds is 5. The zero-order valence-electron chi connectivity index (χ0n) is 10.4. The largest absolute Gasteiger partial charge is 0.370 e. The first-order valence-corrected chi connectivity index (χ1v) is 7.04. The summed E-state index contributed by atoms with van der Waals surface area (Å²) in [7, 11) is 0. The van der Waals surface area contributed by atoms with Crippen molar-refractivity contribution >= 4 is 35.1 Å². The van der Waals surface area contributed by atoms with Gasteiger partial charge in [-0.1, -0.05) is 18.5 Å². The maximum atomic E-state index is 5.79. The molecule has 0 saturated heterocycles. The predicted molar refractivity (Wildman–Crippen MR) is 78.6 cm³/mol. The molecular formula is C12H14ClN5S.